The second-order valence-corrected chi connectivity index (χ2v) is 4.38. The van der Waals surface area contributed by atoms with Gasteiger partial charge >= 0.3 is 0 Å². The van der Waals surface area contributed by atoms with Gasteiger partial charge in [0.05, 0.1) is 20.3 Å². The normalized spacial score (nSPS) is 12.0. The van der Waals surface area contributed by atoms with Crippen molar-refractivity contribution in [2.45, 2.75) is 6.04 Å². The van der Waals surface area contributed by atoms with Crippen molar-refractivity contribution < 1.29 is 18.3 Å². The van der Waals surface area contributed by atoms with Crippen molar-refractivity contribution in [3.63, 3.8) is 0 Å². The van der Waals surface area contributed by atoms with E-state index in [0.29, 0.717) is 17.1 Å². The van der Waals surface area contributed by atoms with Gasteiger partial charge in [0.15, 0.2) is 11.5 Å². The van der Waals surface area contributed by atoms with Gasteiger partial charge in [0.2, 0.25) is 0 Å². The van der Waals surface area contributed by atoms with Gasteiger partial charge in [-0.25, -0.2) is 14.2 Å². The molecule has 0 bridgehead atoms. The highest BCUT2D eigenvalue weighted by Crippen LogP contribution is 2.32. The molecule has 0 aliphatic rings. The third kappa shape index (κ3) is 3.12. The van der Waals surface area contributed by atoms with Crippen LogP contribution in [0.4, 0.5) is 8.78 Å². The molecule has 21 heavy (non-hydrogen) atoms. The molecule has 0 aromatic heterocycles. The summed E-state index contributed by atoms with van der Waals surface area (Å²) in [6, 6.07) is 7.56. The number of rotatable bonds is 5. The topological polar surface area (TPSA) is 56.5 Å². The lowest BCUT2D eigenvalue weighted by Gasteiger charge is -2.19. The van der Waals surface area contributed by atoms with E-state index in [0.717, 1.165) is 18.2 Å². The van der Waals surface area contributed by atoms with Crippen LogP contribution < -0.4 is 20.7 Å². The highest BCUT2D eigenvalue weighted by Gasteiger charge is 2.19. The number of methoxy groups -OCH3 is 2. The number of benzene rings is 2. The molecule has 2 aromatic rings. The molecule has 2 rings (SSSR count). The van der Waals surface area contributed by atoms with E-state index in [1.165, 1.54) is 14.2 Å². The maximum Gasteiger partial charge on any atom is 0.161 e. The smallest absolute Gasteiger partial charge is 0.161 e. The number of nitrogens with one attached hydrogen (secondary N) is 1. The van der Waals surface area contributed by atoms with Gasteiger partial charge in [-0.05, 0) is 35.9 Å². The molecule has 0 saturated heterocycles. The first kappa shape index (κ1) is 15.2. The number of ether oxygens (including phenoxy) is 2. The number of hydrogen-bond donors (Lipinski definition) is 2. The Labute approximate surface area is 121 Å². The highest BCUT2D eigenvalue weighted by atomic mass is 19.1. The highest BCUT2D eigenvalue weighted by molar-refractivity contribution is 5.46. The van der Waals surface area contributed by atoms with Crippen LogP contribution >= 0.6 is 0 Å². The van der Waals surface area contributed by atoms with E-state index in [2.05, 4.69) is 5.43 Å². The maximum absolute atomic E-state index is 13.9. The fourth-order valence-electron chi connectivity index (χ4n) is 2.13. The van der Waals surface area contributed by atoms with Crippen LogP contribution in [0.5, 0.6) is 11.5 Å². The Balaban J connectivity index is 2.48. The standard InChI is InChI=1S/C15H16F2N2O2/c1-20-13-6-3-9(7-14(13)21-2)15(19-18)11-8-10(16)4-5-12(11)17/h3-8,15,19H,18H2,1-2H3. The summed E-state index contributed by atoms with van der Waals surface area (Å²) in [5.41, 5.74) is 3.23. The van der Waals surface area contributed by atoms with Gasteiger partial charge in [-0.3, -0.25) is 5.84 Å². The fraction of sp³-hybridized carbons (Fsp3) is 0.200. The summed E-state index contributed by atoms with van der Waals surface area (Å²) in [6.45, 7) is 0. The first-order valence-electron chi connectivity index (χ1n) is 6.23. The van der Waals surface area contributed by atoms with Crippen LogP contribution in [0.3, 0.4) is 0 Å². The zero-order valence-electron chi connectivity index (χ0n) is 11.7. The van der Waals surface area contributed by atoms with E-state index in [1.54, 1.807) is 18.2 Å². The Morgan fingerprint density at radius 1 is 1.00 bits per heavy atom. The van der Waals surface area contributed by atoms with Crippen molar-refractivity contribution >= 4 is 0 Å². The lowest BCUT2D eigenvalue weighted by molar-refractivity contribution is 0.354. The molecule has 3 N–H and O–H groups in total. The Bertz CT molecular complexity index is 635. The van der Waals surface area contributed by atoms with E-state index in [9.17, 15) is 8.78 Å². The quantitative estimate of drug-likeness (QED) is 0.657. The fourth-order valence-corrected chi connectivity index (χ4v) is 2.13. The van der Waals surface area contributed by atoms with Gasteiger partial charge in [-0.2, -0.15) is 0 Å². The summed E-state index contributed by atoms with van der Waals surface area (Å²) >= 11 is 0. The van der Waals surface area contributed by atoms with Crippen molar-refractivity contribution in [3.05, 3.63) is 59.2 Å². The average Bonchev–Trinajstić information content (AvgIpc) is 2.51. The first-order valence-corrected chi connectivity index (χ1v) is 6.23. The number of nitrogens with two attached hydrogens (primary N) is 1. The molecule has 6 heteroatoms. The molecule has 0 aliphatic heterocycles. The Morgan fingerprint density at radius 2 is 1.71 bits per heavy atom. The van der Waals surface area contributed by atoms with E-state index in [-0.39, 0.29) is 5.56 Å². The summed E-state index contributed by atoms with van der Waals surface area (Å²) in [5.74, 6) is 5.44. The zero-order chi connectivity index (χ0) is 15.4. The van der Waals surface area contributed by atoms with E-state index in [4.69, 9.17) is 15.3 Å². The lowest BCUT2D eigenvalue weighted by Crippen LogP contribution is -2.29. The summed E-state index contributed by atoms with van der Waals surface area (Å²) < 4.78 is 37.6. The lowest BCUT2D eigenvalue weighted by atomic mass is 9.98. The van der Waals surface area contributed by atoms with Crippen LogP contribution in [0, 0.1) is 11.6 Å². The second kappa shape index (κ2) is 6.51. The summed E-state index contributed by atoms with van der Waals surface area (Å²) in [5, 5.41) is 0. The van der Waals surface area contributed by atoms with Crippen LogP contribution in [0.15, 0.2) is 36.4 Å². The molecule has 0 aliphatic carbocycles. The van der Waals surface area contributed by atoms with E-state index >= 15 is 0 Å². The molecule has 0 fully saturated rings. The monoisotopic (exact) mass is 294 g/mol. The third-order valence-electron chi connectivity index (χ3n) is 3.18. The summed E-state index contributed by atoms with van der Waals surface area (Å²) in [6.07, 6.45) is 0. The van der Waals surface area contributed by atoms with Crippen molar-refractivity contribution in [3.8, 4) is 11.5 Å². The van der Waals surface area contributed by atoms with Gasteiger partial charge in [-0.1, -0.05) is 6.07 Å². The molecule has 112 valence electrons. The van der Waals surface area contributed by atoms with Gasteiger partial charge in [0, 0.05) is 5.56 Å². The Hall–Kier alpha value is -2.18. The van der Waals surface area contributed by atoms with Gasteiger partial charge < -0.3 is 9.47 Å². The van der Waals surface area contributed by atoms with Gasteiger partial charge in [0.1, 0.15) is 11.6 Å². The van der Waals surface area contributed by atoms with Gasteiger partial charge in [0.25, 0.3) is 0 Å². The predicted octanol–water partition coefficient (Wildman–Crippen LogP) is 2.53. The predicted molar refractivity (Wildman–Crippen MR) is 75.1 cm³/mol. The summed E-state index contributed by atoms with van der Waals surface area (Å²) in [4.78, 5) is 0. The molecule has 4 nitrogen and oxygen atoms in total. The molecule has 0 saturated carbocycles. The molecule has 0 radical (unpaired) electrons. The average molecular weight is 294 g/mol. The molecular weight excluding hydrogens is 278 g/mol. The number of hydrazine groups is 1. The third-order valence-corrected chi connectivity index (χ3v) is 3.18. The van der Waals surface area contributed by atoms with Crippen LogP contribution in [0.2, 0.25) is 0 Å². The zero-order valence-corrected chi connectivity index (χ0v) is 11.7. The number of halogens is 2. The first-order chi connectivity index (χ1) is 10.1. The second-order valence-electron chi connectivity index (χ2n) is 4.38. The maximum atomic E-state index is 13.9. The van der Waals surface area contributed by atoms with E-state index in [1.807, 2.05) is 0 Å². The van der Waals surface area contributed by atoms with Crippen LogP contribution in [-0.2, 0) is 0 Å². The van der Waals surface area contributed by atoms with Crippen LogP contribution in [-0.4, -0.2) is 14.2 Å². The Kier molecular flexibility index (Phi) is 4.72. The van der Waals surface area contributed by atoms with Crippen molar-refractivity contribution in [2.24, 2.45) is 5.84 Å². The van der Waals surface area contributed by atoms with Gasteiger partial charge in [-0.15, -0.1) is 0 Å². The molecule has 0 amide bonds. The van der Waals surface area contributed by atoms with Crippen LogP contribution in [0.25, 0.3) is 0 Å². The van der Waals surface area contributed by atoms with Crippen molar-refractivity contribution in [1.82, 2.24) is 5.43 Å². The molecule has 1 unspecified atom stereocenters. The minimum absolute atomic E-state index is 0.115. The number of hydrogen-bond acceptors (Lipinski definition) is 4. The molecule has 0 heterocycles. The molecule has 2 aromatic carbocycles. The molecule has 0 spiro atoms. The van der Waals surface area contributed by atoms with Crippen LogP contribution in [0.1, 0.15) is 17.2 Å². The van der Waals surface area contributed by atoms with Crippen molar-refractivity contribution in [2.75, 3.05) is 14.2 Å². The minimum atomic E-state index is -0.708. The minimum Gasteiger partial charge on any atom is -0.493 e. The molecular formula is C15H16F2N2O2. The van der Waals surface area contributed by atoms with Crippen molar-refractivity contribution in [1.29, 1.82) is 0 Å². The SMILES string of the molecule is COc1ccc(C(NN)c2cc(F)ccc2F)cc1OC. The molecule has 1 atom stereocenters. The summed E-state index contributed by atoms with van der Waals surface area (Å²) in [7, 11) is 3.01. The largest absolute Gasteiger partial charge is 0.493 e. The van der Waals surface area contributed by atoms with E-state index < -0.39 is 17.7 Å². The Morgan fingerprint density at radius 3 is 2.33 bits per heavy atom.